The van der Waals surface area contributed by atoms with E-state index in [1.807, 2.05) is 0 Å². The quantitative estimate of drug-likeness (QED) is 0.899. The molecule has 19 heavy (non-hydrogen) atoms. The highest BCUT2D eigenvalue weighted by Gasteiger charge is 2.28. The maximum absolute atomic E-state index is 6.04. The van der Waals surface area contributed by atoms with Crippen molar-refractivity contribution in [1.29, 1.82) is 0 Å². The molecular formula is C16H25N3. The lowest BCUT2D eigenvalue weighted by Gasteiger charge is -2.40. The Labute approximate surface area is 116 Å². The highest BCUT2D eigenvalue weighted by atomic mass is 15.2. The molecule has 1 aromatic carbocycles. The number of fused-ring (bicyclic) bond motifs is 1. The molecule has 2 N–H and O–H groups in total. The van der Waals surface area contributed by atoms with E-state index in [1.165, 1.54) is 42.5 Å². The molecule has 0 bridgehead atoms. The van der Waals surface area contributed by atoms with Gasteiger partial charge in [-0.15, -0.1) is 0 Å². The molecular weight excluding hydrogens is 234 g/mol. The predicted octanol–water partition coefficient (Wildman–Crippen LogP) is 2.16. The Hall–Kier alpha value is -1.06. The maximum atomic E-state index is 6.04. The summed E-state index contributed by atoms with van der Waals surface area (Å²) in [5, 5.41) is 0. The van der Waals surface area contributed by atoms with Crippen molar-refractivity contribution in [3.63, 3.8) is 0 Å². The van der Waals surface area contributed by atoms with Gasteiger partial charge in [0.2, 0.25) is 0 Å². The molecule has 1 aliphatic carbocycles. The summed E-state index contributed by atoms with van der Waals surface area (Å²) in [6.45, 7) is 1.85. The molecule has 0 radical (unpaired) electrons. The molecule has 104 valence electrons. The molecule has 0 saturated heterocycles. The van der Waals surface area contributed by atoms with Gasteiger partial charge in [-0.3, -0.25) is 4.90 Å². The van der Waals surface area contributed by atoms with Crippen LogP contribution in [0, 0.1) is 0 Å². The van der Waals surface area contributed by atoms with Gasteiger partial charge in [-0.05, 0) is 43.5 Å². The van der Waals surface area contributed by atoms with Gasteiger partial charge in [0.1, 0.15) is 0 Å². The molecule has 3 nitrogen and oxygen atoms in total. The zero-order valence-electron chi connectivity index (χ0n) is 12.1. The summed E-state index contributed by atoms with van der Waals surface area (Å²) in [7, 11) is 4.41. The van der Waals surface area contributed by atoms with Crippen molar-refractivity contribution < 1.29 is 0 Å². The zero-order chi connectivity index (χ0) is 13.4. The van der Waals surface area contributed by atoms with Gasteiger partial charge in [-0.2, -0.15) is 0 Å². The highest BCUT2D eigenvalue weighted by Crippen LogP contribution is 2.34. The summed E-state index contributed by atoms with van der Waals surface area (Å²) < 4.78 is 0. The van der Waals surface area contributed by atoms with E-state index in [9.17, 15) is 0 Å². The van der Waals surface area contributed by atoms with E-state index in [0.717, 1.165) is 12.6 Å². The average molecular weight is 259 g/mol. The Bertz CT molecular complexity index is 453. The summed E-state index contributed by atoms with van der Waals surface area (Å²) in [4.78, 5) is 4.83. The molecule has 3 rings (SSSR count). The number of hydrogen-bond donors (Lipinski definition) is 1. The fraction of sp³-hybridized carbons (Fsp3) is 0.625. The average Bonchev–Trinajstić information content (AvgIpc) is 2.70. The van der Waals surface area contributed by atoms with E-state index in [0.29, 0.717) is 12.6 Å². The predicted molar refractivity (Wildman–Crippen MR) is 80.6 cm³/mol. The van der Waals surface area contributed by atoms with Crippen LogP contribution in [0.5, 0.6) is 0 Å². The van der Waals surface area contributed by atoms with Gasteiger partial charge < -0.3 is 10.6 Å². The standard InChI is InChI=1S/C16H25N3/c1-18-9-8-13-10-12(6-7-15(13)18)16(11-17)19(2)14-4-3-5-14/h6-7,10,14,16H,3-5,8-9,11,17H2,1-2H3. The van der Waals surface area contributed by atoms with Gasteiger partial charge >= 0.3 is 0 Å². The number of benzene rings is 1. The molecule has 0 aromatic heterocycles. The van der Waals surface area contributed by atoms with Crippen LogP contribution in [-0.4, -0.2) is 38.1 Å². The SMILES string of the molecule is CN1CCc2cc(C(CN)N(C)C3CCC3)ccc21. The molecule has 1 unspecified atom stereocenters. The van der Waals surface area contributed by atoms with Crippen molar-refractivity contribution in [2.24, 2.45) is 5.73 Å². The van der Waals surface area contributed by atoms with Crippen molar-refractivity contribution in [2.75, 3.05) is 32.1 Å². The second kappa shape index (κ2) is 5.14. The monoisotopic (exact) mass is 259 g/mol. The Morgan fingerprint density at radius 3 is 2.84 bits per heavy atom. The summed E-state index contributed by atoms with van der Waals surface area (Å²) >= 11 is 0. The maximum Gasteiger partial charge on any atom is 0.0470 e. The fourth-order valence-corrected chi connectivity index (χ4v) is 3.38. The summed E-state index contributed by atoms with van der Waals surface area (Å²) in [5.41, 5.74) is 10.3. The van der Waals surface area contributed by atoms with Crippen LogP contribution >= 0.6 is 0 Å². The third-order valence-electron chi connectivity index (χ3n) is 4.98. The molecule has 1 atom stereocenters. The summed E-state index contributed by atoms with van der Waals surface area (Å²) in [6.07, 6.45) is 5.22. The van der Waals surface area contributed by atoms with Gasteiger partial charge in [0.25, 0.3) is 0 Å². The second-order valence-corrected chi connectivity index (χ2v) is 6.06. The van der Waals surface area contributed by atoms with Gasteiger partial charge in [-0.1, -0.05) is 18.6 Å². The van der Waals surface area contributed by atoms with E-state index < -0.39 is 0 Å². The number of rotatable bonds is 4. The molecule has 1 saturated carbocycles. The van der Waals surface area contributed by atoms with E-state index in [-0.39, 0.29) is 0 Å². The van der Waals surface area contributed by atoms with Crippen molar-refractivity contribution in [1.82, 2.24) is 4.90 Å². The van der Waals surface area contributed by atoms with Crippen LogP contribution in [0.3, 0.4) is 0 Å². The van der Waals surface area contributed by atoms with Crippen molar-refractivity contribution in [2.45, 2.75) is 37.8 Å². The van der Waals surface area contributed by atoms with Crippen LogP contribution in [-0.2, 0) is 6.42 Å². The number of anilines is 1. The van der Waals surface area contributed by atoms with Crippen molar-refractivity contribution >= 4 is 5.69 Å². The molecule has 0 amide bonds. The third kappa shape index (κ3) is 2.26. The first-order valence-corrected chi connectivity index (χ1v) is 7.46. The third-order valence-corrected chi connectivity index (χ3v) is 4.98. The van der Waals surface area contributed by atoms with E-state index >= 15 is 0 Å². The Morgan fingerprint density at radius 2 is 2.21 bits per heavy atom. The minimum atomic E-state index is 0.376. The lowest BCUT2D eigenvalue weighted by Crippen LogP contribution is -2.42. The van der Waals surface area contributed by atoms with Gasteiger partial charge in [0.05, 0.1) is 0 Å². The Kier molecular flexibility index (Phi) is 3.50. The number of nitrogens with two attached hydrogens (primary N) is 1. The molecule has 1 aliphatic heterocycles. The van der Waals surface area contributed by atoms with Gasteiger partial charge in [-0.25, -0.2) is 0 Å². The highest BCUT2D eigenvalue weighted by molar-refractivity contribution is 5.58. The fourth-order valence-electron chi connectivity index (χ4n) is 3.38. The summed E-state index contributed by atoms with van der Waals surface area (Å²) in [5.74, 6) is 0. The van der Waals surface area contributed by atoms with Crippen molar-refractivity contribution in [3.05, 3.63) is 29.3 Å². The smallest absolute Gasteiger partial charge is 0.0470 e. The molecule has 1 heterocycles. The lowest BCUT2D eigenvalue weighted by molar-refractivity contribution is 0.113. The van der Waals surface area contributed by atoms with Crippen LogP contribution in [0.2, 0.25) is 0 Å². The van der Waals surface area contributed by atoms with Crippen LogP contribution in [0.1, 0.15) is 36.4 Å². The number of likely N-dealkylation sites (N-methyl/N-ethyl adjacent to an activating group) is 2. The normalized spacial score (nSPS) is 20.5. The second-order valence-electron chi connectivity index (χ2n) is 6.06. The minimum absolute atomic E-state index is 0.376. The number of hydrogen-bond acceptors (Lipinski definition) is 3. The van der Waals surface area contributed by atoms with Gasteiger partial charge in [0, 0.05) is 37.9 Å². The van der Waals surface area contributed by atoms with Gasteiger partial charge in [0.15, 0.2) is 0 Å². The summed E-state index contributed by atoms with van der Waals surface area (Å²) in [6, 6.07) is 8.04. The molecule has 1 aromatic rings. The number of nitrogens with zero attached hydrogens (tertiary/aromatic N) is 2. The topological polar surface area (TPSA) is 32.5 Å². The van der Waals surface area contributed by atoms with E-state index in [2.05, 4.69) is 42.1 Å². The van der Waals surface area contributed by atoms with Crippen molar-refractivity contribution in [3.8, 4) is 0 Å². The molecule has 1 fully saturated rings. The van der Waals surface area contributed by atoms with Crippen LogP contribution in [0.4, 0.5) is 5.69 Å². The van der Waals surface area contributed by atoms with Crippen LogP contribution < -0.4 is 10.6 Å². The first kappa shape index (κ1) is 12.9. The molecule has 3 heteroatoms. The zero-order valence-corrected chi connectivity index (χ0v) is 12.1. The van der Waals surface area contributed by atoms with Crippen LogP contribution in [0.25, 0.3) is 0 Å². The lowest BCUT2D eigenvalue weighted by atomic mass is 9.89. The molecule has 0 spiro atoms. The first-order valence-electron chi connectivity index (χ1n) is 7.46. The largest absolute Gasteiger partial charge is 0.374 e. The Morgan fingerprint density at radius 1 is 1.42 bits per heavy atom. The Balaban J connectivity index is 1.83. The first-order chi connectivity index (χ1) is 9.20. The minimum Gasteiger partial charge on any atom is -0.374 e. The van der Waals surface area contributed by atoms with Crippen LogP contribution in [0.15, 0.2) is 18.2 Å². The van der Waals surface area contributed by atoms with E-state index in [4.69, 9.17) is 5.73 Å². The van der Waals surface area contributed by atoms with E-state index in [1.54, 1.807) is 0 Å². The molecule has 2 aliphatic rings.